The standard InChI is InChI=1S/C16H19F2NO/c17-15-4-1-10(9-16(15)18)7-14(20)8-11-5-12-2-3-13(6-11)19-12/h1,4,9,11-13,19H,2-3,5-8H2. The lowest BCUT2D eigenvalue weighted by molar-refractivity contribution is -0.119. The Labute approximate surface area is 117 Å². The Hall–Kier alpha value is -1.29. The van der Waals surface area contributed by atoms with Crippen molar-refractivity contribution in [3.8, 4) is 0 Å². The van der Waals surface area contributed by atoms with Gasteiger partial charge in [0.15, 0.2) is 11.6 Å². The van der Waals surface area contributed by atoms with Crippen LogP contribution in [-0.4, -0.2) is 17.9 Å². The SMILES string of the molecule is O=C(Cc1ccc(F)c(F)c1)CC1CC2CCC(C1)N2. The molecule has 2 atom stereocenters. The number of nitrogens with one attached hydrogen (secondary N) is 1. The first kappa shape index (κ1) is 13.7. The molecule has 1 N–H and O–H groups in total. The third kappa shape index (κ3) is 3.06. The molecule has 2 nitrogen and oxygen atoms in total. The van der Waals surface area contributed by atoms with Crippen molar-refractivity contribution in [2.24, 2.45) is 5.92 Å². The molecule has 2 unspecified atom stereocenters. The molecule has 2 aliphatic rings. The van der Waals surface area contributed by atoms with Crippen LogP contribution in [0.2, 0.25) is 0 Å². The zero-order chi connectivity index (χ0) is 14.1. The van der Waals surface area contributed by atoms with Gasteiger partial charge in [0.25, 0.3) is 0 Å². The Morgan fingerprint density at radius 1 is 1.15 bits per heavy atom. The first-order chi connectivity index (χ1) is 9.60. The minimum Gasteiger partial charge on any atom is -0.311 e. The van der Waals surface area contributed by atoms with Crippen molar-refractivity contribution < 1.29 is 13.6 Å². The molecule has 0 spiro atoms. The minimum absolute atomic E-state index is 0.127. The van der Waals surface area contributed by atoms with E-state index in [4.69, 9.17) is 0 Å². The minimum atomic E-state index is -0.879. The summed E-state index contributed by atoms with van der Waals surface area (Å²) in [5.74, 6) is -1.17. The molecule has 1 aromatic rings. The van der Waals surface area contributed by atoms with Crippen molar-refractivity contribution >= 4 is 5.78 Å². The number of rotatable bonds is 4. The highest BCUT2D eigenvalue weighted by Gasteiger charge is 2.33. The number of piperidine rings is 1. The van der Waals surface area contributed by atoms with Crippen LogP contribution in [0.25, 0.3) is 0 Å². The molecule has 2 fully saturated rings. The maximum atomic E-state index is 13.1. The second kappa shape index (κ2) is 5.60. The summed E-state index contributed by atoms with van der Waals surface area (Å²) in [4.78, 5) is 12.1. The van der Waals surface area contributed by atoms with E-state index in [1.165, 1.54) is 18.9 Å². The quantitative estimate of drug-likeness (QED) is 0.918. The van der Waals surface area contributed by atoms with Crippen LogP contribution < -0.4 is 5.32 Å². The summed E-state index contributed by atoms with van der Waals surface area (Å²) in [6.45, 7) is 0. The average Bonchev–Trinajstić information content (AvgIpc) is 2.73. The fourth-order valence-corrected chi connectivity index (χ4v) is 3.61. The molecule has 3 rings (SSSR count). The van der Waals surface area contributed by atoms with Crippen LogP contribution >= 0.6 is 0 Å². The first-order valence-corrected chi connectivity index (χ1v) is 7.32. The summed E-state index contributed by atoms with van der Waals surface area (Å²) in [5.41, 5.74) is 0.561. The molecule has 2 saturated heterocycles. The summed E-state index contributed by atoms with van der Waals surface area (Å²) in [6, 6.07) is 4.86. The van der Waals surface area contributed by atoms with Crippen molar-refractivity contribution in [2.75, 3.05) is 0 Å². The van der Waals surface area contributed by atoms with Gasteiger partial charge in [-0.1, -0.05) is 6.07 Å². The molecular weight excluding hydrogens is 260 g/mol. The zero-order valence-corrected chi connectivity index (χ0v) is 11.4. The van der Waals surface area contributed by atoms with E-state index >= 15 is 0 Å². The molecule has 2 bridgehead atoms. The van der Waals surface area contributed by atoms with Crippen LogP contribution in [0.3, 0.4) is 0 Å². The topological polar surface area (TPSA) is 29.1 Å². The number of hydrogen-bond acceptors (Lipinski definition) is 2. The largest absolute Gasteiger partial charge is 0.311 e. The number of carbonyl (C=O) groups is 1. The molecule has 0 saturated carbocycles. The fraction of sp³-hybridized carbons (Fsp3) is 0.562. The lowest BCUT2D eigenvalue weighted by atomic mass is 9.87. The maximum absolute atomic E-state index is 13.1. The van der Waals surface area contributed by atoms with Crippen LogP contribution in [0.15, 0.2) is 18.2 Å². The molecule has 0 radical (unpaired) electrons. The smallest absolute Gasteiger partial charge is 0.159 e. The molecule has 108 valence electrons. The van der Waals surface area contributed by atoms with Gasteiger partial charge in [0, 0.05) is 24.9 Å². The summed E-state index contributed by atoms with van der Waals surface area (Å²) in [6.07, 6.45) is 5.35. The van der Waals surface area contributed by atoms with Crippen LogP contribution in [0.4, 0.5) is 8.78 Å². The van der Waals surface area contributed by atoms with Crippen LogP contribution in [0, 0.1) is 17.6 Å². The molecule has 0 aliphatic carbocycles. The van der Waals surface area contributed by atoms with Crippen molar-refractivity contribution in [1.82, 2.24) is 5.32 Å². The fourth-order valence-electron chi connectivity index (χ4n) is 3.61. The molecule has 0 amide bonds. The van der Waals surface area contributed by atoms with Crippen LogP contribution in [0.5, 0.6) is 0 Å². The summed E-state index contributed by atoms with van der Waals surface area (Å²) < 4.78 is 25.9. The number of hydrogen-bond donors (Lipinski definition) is 1. The van der Waals surface area contributed by atoms with Gasteiger partial charge in [0.1, 0.15) is 5.78 Å². The molecule has 0 aromatic heterocycles. The number of halogens is 2. The Morgan fingerprint density at radius 3 is 2.50 bits per heavy atom. The Bertz CT molecular complexity index is 505. The summed E-state index contributed by atoms with van der Waals surface area (Å²) in [7, 11) is 0. The lowest BCUT2D eigenvalue weighted by Gasteiger charge is -2.28. The molecule has 4 heteroatoms. The predicted octanol–water partition coefficient (Wildman–Crippen LogP) is 3.00. The molecule has 20 heavy (non-hydrogen) atoms. The number of Topliss-reactive ketones (excluding diaryl/α,β-unsaturated/α-hetero) is 1. The van der Waals surface area contributed by atoms with E-state index in [1.807, 2.05) is 0 Å². The molecule has 2 heterocycles. The number of ketones is 1. The van der Waals surface area contributed by atoms with Gasteiger partial charge < -0.3 is 5.32 Å². The number of carbonyl (C=O) groups excluding carboxylic acids is 1. The first-order valence-electron chi connectivity index (χ1n) is 7.32. The van der Waals surface area contributed by atoms with Gasteiger partial charge in [-0.3, -0.25) is 4.79 Å². The van der Waals surface area contributed by atoms with Crippen LogP contribution in [0.1, 0.15) is 37.7 Å². The molecule has 2 aliphatic heterocycles. The highest BCUT2D eigenvalue weighted by Crippen LogP contribution is 2.32. The Balaban J connectivity index is 1.55. The van der Waals surface area contributed by atoms with Gasteiger partial charge in [0.2, 0.25) is 0 Å². The molecular formula is C16H19F2NO. The lowest BCUT2D eigenvalue weighted by Crippen LogP contribution is -2.38. The third-order valence-electron chi connectivity index (χ3n) is 4.47. The van der Waals surface area contributed by atoms with Gasteiger partial charge in [-0.2, -0.15) is 0 Å². The van der Waals surface area contributed by atoms with Crippen molar-refractivity contribution in [3.63, 3.8) is 0 Å². The highest BCUT2D eigenvalue weighted by atomic mass is 19.2. The normalized spacial score (nSPS) is 28.6. The van der Waals surface area contributed by atoms with E-state index in [2.05, 4.69) is 5.32 Å². The average molecular weight is 279 g/mol. The van der Waals surface area contributed by atoms with E-state index in [1.54, 1.807) is 0 Å². The monoisotopic (exact) mass is 279 g/mol. The Kier molecular flexibility index (Phi) is 3.83. The maximum Gasteiger partial charge on any atom is 0.159 e. The van der Waals surface area contributed by atoms with E-state index in [-0.39, 0.29) is 12.2 Å². The van der Waals surface area contributed by atoms with Gasteiger partial charge >= 0.3 is 0 Å². The zero-order valence-electron chi connectivity index (χ0n) is 11.4. The second-order valence-electron chi connectivity index (χ2n) is 6.14. The van der Waals surface area contributed by atoms with Crippen molar-refractivity contribution in [1.29, 1.82) is 0 Å². The summed E-state index contributed by atoms with van der Waals surface area (Å²) in [5, 5.41) is 3.55. The van der Waals surface area contributed by atoms with Gasteiger partial charge in [-0.05, 0) is 49.3 Å². The van der Waals surface area contributed by atoms with Gasteiger partial charge in [0.05, 0.1) is 0 Å². The van der Waals surface area contributed by atoms with Crippen LogP contribution in [-0.2, 0) is 11.2 Å². The number of benzene rings is 1. The second-order valence-corrected chi connectivity index (χ2v) is 6.14. The van der Waals surface area contributed by atoms with E-state index in [9.17, 15) is 13.6 Å². The summed E-state index contributed by atoms with van der Waals surface area (Å²) >= 11 is 0. The third-order valence-corrected chi connectivity index (χ3v) is 4.47. The van der Waals surface area contributed by atoms with E-state index in [0.29, 0.717) is 30.0 Å². The highest BCUT2D eigenvalue weighted by molar-refractivity contribution is 5.81. The van der Waals surface area contributed by atoms with E-state index < -0.39 is 11.6 Å². The molecule has 1 aromatic carbocycles. The Morgan fingerprint density at radius 2 is 1.85 bits per heavy atom. The van der Waals surface area contributed by atoms with E-state index in [0.717, 1.165) is 25.0 Å². The van der Waals surface area contributed by atoms with Crippen molar-refractivity contribution in [2.45, 2.75) is 50.6 Å². The van der Waals surface area contributed by atoms with Gasteiger partial charge in [-0.15, -0.1) is 0 Å². The number of fused-ring (bicyclic) bond motifs is 2. The van der Waals surface area contributed by atoms with Gasteiger partial charge in [-0.25, -0.2) is 8.78 Å². The predicted molar refractivity (Wildman–Crippen MR) is 72.4 cm³/mol. The van der Waals surface area contributed by atoms with Crippen molar-refractivity contribution in [3.05, 3.63) is 35.4 Å².